The summed E-state index contributed by atoms with van der Waals surface area (Å²) < 4.78 is 38.2. The van der Waals surface area contributed by atoms with Crippen molar-refractivity contribution < 1.29 is 17.9 Å². The number of rotatable bonds is 5. The largest absolute Gasteiger partial charge is 0.495 e. The Hall–Kier alpha value is -1.31. The van der Waals surface area contributed by atoms with Gasteiger partial charge in [0.1, 0.15) is 11.5 Å². The van der Waals surface area contributed by atoms with Crippen LogP contribution in [-0.2, 0) is 10.0 Å². The van der Waals surface area contributed by atoms with Crippen LogP contribution in [0.1, 0.15) is 12.8 Å². The average Bonchev–Trinajstić information content (AvgIpc) is 2.46. The van der Waals surface area contributed by atoms with E-state index in [4.69, 9.17) is 9.47 Å². The van der Waals surface area contributed by atoms with Crippen molar-refractivity contribution in [2.24, 2.45) is 0 Å². The molecule has 0 saturated carbocycles. The lowest BCUT2D eigenvalue weighted by Gasteiger charge is -2.24. The summed E-state index contributed by atoms with van der Waals surface area (Å²) in [5.41, 5.74) is 0. The van der Waals surface area contributed by atoms with E-state index < -0.39 is 10.0 Å². The standard InChI is InChI=1S/C13H20N2O4S/c1-18-11-4-3-5-12(19-2)13(11)20(16,17)15-10-6-8-14-9-7-10/h3-5,10,14-15H,6-9H2,1-2H3. The summed E-state index contributed by atoms with van der Waals surface area (Å²) >= 11 is 0. The first-order chi connectivity index (χ1) is 9.58. The number of benzene rings is 1. The fraction of sp³-hybridized carbons (Fsp3) is 0.538. The molecule has 0 radical (unpaired) electrons. The van der Waals surface area contributed by atoms with Gasteiger partial charge in [0.15, 0.2) is 4.90 Å². The van der Waals surface area contributed by atoms with E-state index in [1.165, 1.54) is 14.2 Å². The molecule has 1 aliphatic heterocycles. The molecule has 0 atom stereocenters. The van der Waals surface area contributed by atoms with Crippen molar-refractivity contribution in [3.8, 4) is 11.5 Å². The van der Waals surface area contributed by atoms with Gasteiger partial charge in [-0.25, -0.2) is 13.1 Å². The van der Waals surface area contributed by atoms with Crippen LogP contribution in [0, 0.1) is 0 Å². The minimum absolute atomic E-state index is 0.0588. The lowest BCUT2D eigenvalue weighted by molar-refractivity contribution is 0.371. The minimum atomic E-state index is -3.67. The van der Waals surface area contributed by atoms with Gasteiger partial charge in [0.25, 0.3) is 0 Å². The maximum atomic E-state index is 12.6. The van der Waals surface area contributed by atoms with Crippen LogP contribution in [0.5, 0.6) is 11.5 Å². The molecule has 2 rings (SSSR count). The van der Waals surface area contributed by atoms with Gasteiger partial charge in [0, 0.05) is 6.04 Å². The second kappa shape index (κ2) is 6.43. The number of hydrogen-bond acceptors (Lipinski definition) is 5. The Morgan fingerprint density at radius 1 is 1.15 bits per heavy atom. The summed E-state index contributed by atoms with van der Waals surface area (Å²) in [6, 6.07) is 4.86. The first kappa shape index (κ1) is 15.1. The minimum Gasteiger partial charge on any atom is -0.495 e. The van der Waals surface area contributed by atoms with Crippen molar-refractivity contribution in [3.63, 3.8) is 0 Å². The molecule has 1 aromatic rings. The van der Waals surface area contributed by atoms with Gasteiger partial charge in [-0.05, 0) is 38.1 Å². The van der Waals surface area contributed by atoms with Gasteiger partial charge in [-0.2, -0.15) is 0 Å². The zero-order chi connectivity index (χ0) is 14.6. The van der Waals surface area contributed by atoms with Crippen molar-refractivity contribution in [3.05, 3.63) is 18.2 Å². The SMILES string of the molecule is COc1cccc(OC)c1S(=O)(=O)NC1CCNCC1. The summed E-state index contributed by atoms with van der Waals surface area (Å²) in [5, 5.41) is 3.20. The van der Waals surface area contributed by atoms with Crippen molar-refractivity contribution >= 4 is 10.0 Å². The highest BCUT2D eigenvalue weighted by atomic mass is 32.2. The molecule has 0 aromatic heterocycles. The van der Waals surface area contributed by atoms with Crippen LogP contribution in [0.4, 0.5) is 0 Å². The Bertz CT molecular complexity index is 531. The Labute approximate surface area is 119 Å². The molecule has 0 unspecified atom stereocenters. The summed E-state index contributed by atoms with van der Waals surface area (Å²) in [5.74, 6) is 0.566. The molecule has 7 heteroatoms. The van der Waals surface area contributed by atoms with Crippen molar-refractivity contribution in [2.75, 3.05) is 27.3 Å². The Morgan fingerprint density at radius 3 is 2.20 bits per heavy atom. The Kier molecular flexibility index (Phi) is 4.85. The molecule has 1 aromatic carbocycles. The maximum absolute atomic E-state index is 12.6. The first-order valence-corrected chi connectivity index (χ1v) is 8.01. The first-order valence-electron chi connectivity index (χ1n) is 6.52. The molecule has 112 valence electrons. The Morgan fingerprint density at radius 2 is 1.70 bits per heavy atom. The Balaban J connectivity index is 2.32. The number of piperidine rings is 1. The van der Waals surface area contributed by atoms with E-state index in [9.17, 15) is 8.42 Å². The highest BCUT2D eigenvalue weighted by molar-refractivity contribution is 7.89. The van der Waals surface area contributed by atoms with Crippen LogP contribution in [0.2, 0.25) is 0 Å². The fourth-order valence-corrected chi connectivity index (χ4v) is 3.93. The highest BCUT2D eigenvalue weighted by Gasteiger charge is 2.28. The van der Waals surface area contributed by atoms with Gasteiger partial charge >= 0.3 is 0 Å². The predicted octanol–water partition coefficient (Wildman–Crippen LogP) is 0.734. The highest BCUT2D eigenvalue weighted by Crippen LogP contribution is 2.33. The van der Waals surface area contributed by atoms with Crippen LogP contribution in [0.15, 0.2) is 23.1 Å². The summed E-state index contributed by atoms with van der Waals surface area (Å²) in [6.45, 7) is 1.63. The summed E-state index contributed by atoms with van der Waals surface area (Å²) in [4.78, 5) is 0.0588. The number of hydrogen-bond donors (Lipinski definition) is 2. The van der Waals surface area contributed by atoms with Crippen LogP contribution >= 0.6 is 0 Å². The second-order valence-corrected chi connectivity index (χ2v) is 6.29. The lowest BCUT2D eigenvalue weighted by Crippen LogP contribution is -2.42. The van der Waals surface area contributed by atoms with Crippen molar-refractivity contribution in [2.45, 2.75) is 23.8 Å². The van der Waals surface area contributed by atoms with Crippen LogP contribution in [-0.4, -0.2) is 41.8 Å². The second-order valence-electron chi connectivity index (χ2n) is 4.64. The quantitative estimate of drug-likeness (QED) is 0.838. The lowest BCUT2D eigenvalue weighted by atomic mass is 10.1. The molecule has 20 heavy (non-hydrogen) atoms. The number of nitrogens with one attached hydrogen (secondary N) is 2. The van der Waals surface area contributed by atoms with Crippen LogP contribution in [0.25, 0.3) is 0 Å². The van der Waals surface area contributed by atoms with Crippen molar-refractivity contribution in [1.29, 1.82) is 0 Å². The summed E-state index contributed by atoms with van der Waals surface area (Å²) in [6.07, 6.45) is 1.55. The number of methoxy groups -OCH3 is 2. The molecular weight excluding hydrogens is 280 g/mol. The smallest absolute Gasteiger partial charge is 0.248 e. The van der Waals surface area contributed by atoms with Gasteiger partial charge < -0.3 is 14.8 Å². The predicted molar refractivity (Wildman–Crippen MR) is 75.8 cm³/mol. The van der Waals surface area contributed by atoms with E-state index in [2.05, 4.69) is 10.0 Å². The zero-order valence-electron chi connectivity index (χ0n) is 11.7. The van der Waals surface area contributed by atoms with E-state index >= 15 is 0 Å². The van der Waals surface area contributed by atoms with E-state index in [0.29, 0.717) is 0 Å². The third-order valence-corrected chi connectivity index (χ3v) is 4.90. The molecule has 1 saturated heterocycles. The van der Waals surface area contributed by atoms with Gasteiger partial charge in [-0.15, -0.1) is 0 Å². The molecule has 0 spiro atoms. The number of sulfonamides is 1. The molecule has 1 fully saturated rings. The third kappa shape index (κ3) is 3.23. The average molecular weight is 300 g/mol. The van der Waals surface area contributed by atoms with E-state index in [1.807, 2.05) is 0 Å². The molecule has 1 aliphatic rings. The molecule has 6 nitrogen and oxygen atoms in total. The van der Waals surface area contributed by atoms with E-state index in [1.54, 1.807) is 18.2 Å². The number of ether oxygens (including phenoxy) is 2. The molecule has 0 bridgehead atoms. The topological polar surface area (TPSA) is 76.7 Å². The zero-order valence-corrected chi connectivity index (χ0v) is 12.5. The van der Waals surface area contributed by atoms with Crippen molar-refractivity contribution in [1.82, 2.24) is 10.0 Å². The van der Waals surface area contributed by atoms with Crippen LogP contribution < -0.4 is 19.5 Å². The molecule has 2 N–H and O–H groups in total. The molecule has 0 aliphatic carbocycles. The maximum Gasteiger partial charge on any atom is 0.248 e. The molecular formula is C13H20N2O4S. The monoisotopic (exact) mass is 300 g/mol. The molecule has 1 heterocycles. The van der Waals surface area contributed by atoms with Gasteiger partial charge in [-0.1, -0.05) is 6.07 Å². The van der Waals surface area contributed by atoms with E-state index in [0.717, 1.165) is 25.9 Å². The summed E-state index contributed by atoms with van der Waals surface area (Å²) in [7, 11) is -0.788. The van der Waals surface area contributed by atoms with E-state index in [-0.39, 0.29) is 22.4 Å². The van der Waals surface area contributed by atoms with Gasteiger partial charge in [0.2, 0.25) is 10.0 Å². The normalized spacial score (nSPS) is 16.9. The third-order valence-electron chi connectivity index (χ3n) is 3.31. The fourth-order valence-electron chi connectivity index (χ4n) is 2.30. The molecule has 0 amide bonds. The van der Waals surface area contributed by atoms with Gasteiger partial charge in [-0.3, -0.25) is 0 Å². The van der Waals surface area contributed by atoms with Crippen LogP contribution in [0.3, 0.4) is 0 Å². The van der Waals surface area contributed by atoms with Gasteiger partial charge in [0.05, 0.1) is 14.2 Å².